The first kappa shape index (κ1) is 15.6. The van der Waals surface area contributed by atoms with Crippen LogP contribution >= 0.6 is 0 Å². The summed E-state index contributed by atoms with van der Waals surface area (Å²) in [7, 11) is 0. The van der Waals surface area contributed by atoms with Crippen LogP contribution in [0.1, 0.15) is 24.8 Å². The summed E-state index contributed by atoms with van der Waals surface area (Å²) in [6.07, 6.45) is -1.17. The molecule has 0 atom stereocenters. The maximum atomic E-state index is 12.5. The fourth-order valence-corrected chi connectivity index (χ4v) is 1.92. The minimum atomic E-state index is -4.32. The van der Waals surface area contributed by atoms with Crippen LogP contribution in [-0.4, -0.2) is 18.1 Å². The summed E-state index contributed by atoms with van der Waals surface area (Å²) in [5.74, 6) is 1.09. The van der Waals surface area contributed by atoms with Crippen molar-refractivity contribution in [2.45, 2.75) is 25.9 Å². The summed E-state index contributed by atoms with van der Waals surface area (Å²) >= 11 is 0. The van der Waals surface area contributed by atoms with Crippen molar-refractivity contribution in [3.8, 4) is 11.3 Å². The molecule has 0 aliphatic rings. The van der Waals surface area contributed by atoms with Crippen molar-refractivity contribution in [2.75, 3.05) is 13.1 Å². The Kier molecular flexibility index (Phi) is 5.01. The van der Waals surface area contributed by atoms with Gasteiger partial charge in [-0.15, -0.1) is 0 Å². The molecule has 2 rings (SSSR count). The van der Waals surface area contributed by atoms with E-state index in [1.807, 2.05) is 6.92 Å². The smallest absolute Gasteiger partial charge is 0.416 e. The molecule has 2 aromatic rings. The second kappa shape index (κ2) is 6.76. The van der Waals surface area contributed by atoms with Crippen molar-refractivity contribution in [1.82, 2.24) is 10.3 Å². The summed E-state index contributed by atoms with van der Waals surface area (Å²) in [5, 5.41) is 3.20. The van der Waals surface area contributed by atoms with Gasteiger partial charge >= 0.3 is 6.18 Å². The van der Waals surface area contributed by atoms with Crippen molar-refractivity contribution in [1.29, 1.82) is 0 Å². The van der Waals surface area contributed by atoms with Crippen molar-refractivity contribution >= 4 is 0 Å². The van der Waals surface area contributed by atoms with E-state index < -0.39 is 11.7 Å². The van der Waals surface area contributed by atoms with Gasteiger partial charge in [0, 0.05) is 12.0 Å². The Hall–Kier alpha value is -1.82. The van der Waals surface area contributed by atoms with Gasteiger partial charge in [-0.3, -0.25) is 0 Å². The van der Waals surface area contributed by atoms with Crippen LogP contribution in [0.5, 0.6) is 0 Å². The SMILES string of the molecule is CCNCCCc1ncc(-c2ccc(C(F)(F)F)cc2)o1. The highest BCUT2D eigenvalue weighted by Crippen LogP contribution is 2.31. The quantitative estimate of drug-likeness (QED) is 0.822. The molecule has 1 aromatic heterocycles. The Labute approximate surface area is 121 Å². The molecule has 6 heteroatoms. The molecule has 0 spiro atoms. The van der Waals surface area contributed by atoms with Crippen LogP contribution in [-0.2, 0) is 12.6 Å². The Morgan fingerprint density at radius 1 is 1.19 bits per heavy atom. The number of rotatable bonds is 6. The van der Waals surface area contributed by atoms with Crippen LogP contribution in [0.4, 0.5) is 13.2 Å². The zero-order valence-electron chi connectivity index (χ0n) is 11.7. The number of oxazole rings is 1. The maximum absolute atomic E-state index is 12.5. The first-order valence-corrected chi connectivity index (χ1v) is 6.83. The third kappa shape index (κ3) is 4.32. The third-order valence-electron chi connectivity index (χ3n) is 3.04. The largest absolute Gasteiger partial charge is 0.441 e. The Bertz CT molecular complexity index is 561. The second-order valence-electron chi connectivity index (χ2n) is 4.65. The van der Waals surface area contributed by atoms with Gasteiger partial charge in [0.1, 0.15) is 0 Å². The molecular formula is C15H17F3N2O. The van der Waals surface area contributed by atoms with E-state index in [2.05, 4.69) is 10.3 Å². The number of hydrogen-bond donors (Lipinski definition) is 1. The second-order valence-corrected chi connectivity index (χ2v) is 4.65. The van der Waals surface area contributed by atoms with Crippen molar-refractivity contribution in [3.05, 3.63) is 41.9 Å². The van der Waals surface area contributed by atoms with Crippen LogP contribution in [0.25, 0.3) is 11.3 Å². The van der Waals surface area contributed by atoms with Gasteiger partial charge in [0.05, 0.1) is 11.8 Å². The van der Waals surface area contributed by atoms with Crippen LogP contribution in [0, 0.1) is 0 Å². The average molecular weight is 298 g/mol. The molecule has 0 fully saturated rings. The Morgan fingerprint density at radius 2 is 1.90 bits per heavy atom. The molecule has 21 heavy (non-hydrogen) atoms. The van der Waals surface area contributed by atoms with Crippen molar-refractivity contribution in [3.63, 3.8) is 0 Å². The molecule has 1 N–H and O–H groups in total. The van der Waals surface area contributed by atoms with E-state index in [-0.39, 0.29) is 0 Å². The van der Waals surface area contributed by atoms with Crippen molar-refractivity contribution < 1.29 is 17.6 Å². The third-order valence-corrected chi connectivity index (χ3v) is 3.04. The maximum Gasteiger partial charge on any atom is 0.416 e. The molecule has 0 amide bonds. The van der Waals surface area contributed by atoms with Gasteiger partial charge in [-0.05, 0) is 31.6 Å². The molecule has 0 saturated heterocycles. The lowest BCUT2D eigenvalue weighted by molar-refractivity contribution is -0.137. The van der Waals surface area contributed by atoms with E-state index in [0.29, 0.717) is 23.6 Å². The number of hydrogen-bond acceptors (Lipinski definition) is 3. The molecule has 1 heterocycles. The van der Waals surface area contributed by atoms with Crippen LogP contribution in [0.3, 0.4) is 0 Å². The molecule has 0 unspecified atom stereocenters. The zero-order chi connectivity index (χ0) is 15.3. The zero-order valence-corrected chi connectivity index (χ0v) is 11.7. The van der Waals surface area contributed by atoms with E-state index in [0.717, 1.165) is 31.6 Å². The number of halogens is 3. The van der Waals surface area contributed by atoms with Crippen molar-refractivity contribution in [2.24, 2.45) is 0 Å². The van der Waals surface area contributed by atoms with Gasteiger partial charge in [0.15, 0.2) is 11.7 Å². The molecular weight excluding hydrogens is 281 g/mol. The van der Waals surface area contributed by atoms with Crippen LogP contribution in [0.2, 0.25) is 0 Å². The lowest BCUT2D eigenvalue weighted by Gasteiger charge is -2.06. The number of aromatic nitrogens is 1. The highest BCUT2D eigenvalue weighted by atomic mass is 19.4. The highest BCUT2D eigenvalue weighted by molar-refractivity contribution is 5.56. The number of benzene rings is 1. The topological polar surface area (TPSA) is 38.1 Å². The standard InChI is InChI=1S/C15H17F3N2O/c1-2-19-9-3-4-14-20-10-13(21-14)11-5-7-12(8-6-11)15(16,17)18/h5-8,10,19H,2-4,9H2,1H3. The number of alkyl halides is 3. The molecule has 0 radical (unpaired) electrons. The van der Waals surface area contributed by atoms with Gasteiger partial charge in [-0.2, -0.15) is 13.2 Å². The van der Waals surface area contributed by atoms with E-state index in [9.17, 15) is 13.2 Å². The average Bonchev–Trinajstić information content (AvgIpc) is 2.92. The lowest BCUT2D eigenvalue weighted by atomic mass is 10.1. The predicted molar refractivity (Wildman–Crippen MR) is 73.8 cm³/mol. The van der Waals surface area contributed by atoms with Gasteiger partial charge < -0.3 is 9.73 Å². The molecule has 0 aliphatic carbocycles. The summed E-state index contributed by atoms with van der Waals surface area (Å²) in [6.45, 7) is 3.84. The number of aryl methyl sites for hydroxylation is 1. The molecule has 1 aromatic carbocycles. The first-order chi connectivity index (χ1) is 10.0. The molecule has 114 valence electrons. The van der Waals surface area contributed by atoms with Crippen LogP contribution < -0.4 is 5.32 Å². The van der Waals surface area contributed by atoms with E-state index >= 15 is 0 Å². The molecule has 0 aliphatic heterocycles. The normalized spacial score (nSPS) is 11.8. The van der Waals surface area contributed by atoms with Gasteiger partial charge in [-0.25, -0.2) is 4.98 Å². The summed E-state index contributed by atoms with van der Waals surface area (Å²) in [5.41, 5.74) is -0.0786. The fraction of sp³-hybridized carbons (Fsp3) is 0.400. The first-order valence-electron chi connectivity index (χ1n) is 6.83. The fourth-order valence-electron chi connectivity index (χ4n) is 1.92. The molecule has 0 saturated carbocycles. The van der Waals surface area contributed by atoms with E-state index in [1.165, 1.54) is 12.1 Å². The lowest BCUT2D eigenvalue weighted by Crippen LogP contribution is -2.14. The number of nitrogens with one attached hydrogen (secondary N) is 1. The summed E-state index contributed by atoms with van der Waals surface area (Å²) in [6, 6.07) is 4.88. The monoisotopic (exact) mass is 298 g/mol. The molecule has 0 bridgehead atoms. The minimum absolute atomic E-state index is 0.488. The predicted octanol–water partition coefficient (Wildman–Crippen LogP) is 3.90. The van der Waals surface area contributed by atoms with Gasteiger partial charge in [0.2, 0.25) is 0 Å². The van der Waals surface area contributed by atoms with Crippen LogP contribution in [0.15, 0.2) is 34.9 Å². The minimum Gasteiger partial charge on any atom is -0.441 e. The summed E-state index contributed by atoms with van der Waals surface area (Å²) in [4.78, 5) is 4.14. The Balaban J connectivity index is 2.00. The molecule has 3 nitrogen and oxygen atoms in total. The van der Waals surface area contributed by atoms with E-state index in [1.54, 1.807) is 6.20 Å². The number of nitrogens with zero attached hydrogens (tertiary/aromatic N) is 1. The van der Waals surface area contributed by atoms with E-state index in [4.69, 9.17) is 4.42 Å². The van der Waals surface area contributed by atoms with Gasteiger partial charge in [-0.1, -0.05) is 19.1 Å². The Morgan fingerprint density at radius 3 is 2.52 bits per heavy atom. The highest BCUT2D eigenvalue weighted by Gasteiger charge is 2.30. The summed E-state index contributed by atoms with van der Waals surface area (Å²) < 4.78 is 43.0. The van der Waals surface area contributed by atoms with Gasteiger partial charge in [0.25, 0.3) is 0 Å².